The van der Waals surface area contributed by atoms with Crippen LogP contribution in [-0.2, 0) is 18.5 Å². The zero-order valence-corrected chi connectivity index (χ0v) is 14.1. The van der Waals surface area contributed by atoms with Crippen molar-refractivity contribution in [1.82, 2.24) is 15.1 Å². The highest BCUT2D eigenvalue weighted by Crippen LogP contribution is 2.48. The Kier molecular flexibility index (Phi) is 4.69. The normalized spacial score (nSPS) is 15.7. The molecule has 0 saturated heterocycles. The average molecular weight is 335 g/mol. The van der Waals surface area contributed by atoms with Crippen LogP contribution in [0.2, 0.25) is 0 Å². The summed E-state index contributed by atoms with van der Waals surface area (Å²) < 4.78 is 29.0. The van der Waals surface area contributed by atoms with Crippen molar-refractivity contribution in [2.75, 3.05) is 13.2 Å². The van der Waals surface area contributed by atoms with Crippen molar-refractivity contribution in [2.24, 2.45) is 0 Å². The van der Waals surface area contributed by atoms with E-state index in [2.05, 4.69) is 10.4 Å². The number of hydrogen-bond donors (Lipinski definition) is 2. The van der Waals surface area contributed by atoms with Crippen LogP contribution in [0, 0.1) is 25.5 Å². The van der Waals surface area contributed by atoms with E-state index in [1.165, 1.54) is 6.07 Å². The Morgan fingerprint density at radius 2 is 2.04 bits per heavy atom. The molecule has 3 rings (SSSR count). The molecular formula is C18H23F2N3O. The Bertz CT molecular complexity index is 738. The number of benzene rings is 1. The number of hydrogen-bond acceptors (Lipinski definition) is 3. The zero-order chi connectivity index (χ0) is 17.3. The second kappa shape index (κ2) is 6.61. The van der Waals surface area contributed by atoms with Crippen molar-refractivity contribution in [3.8, 4) is 0 Å². The highest BCUT2D eigenvalue weighted by Gasteiger charge is 2.45. The first-order chi connectivity index (χ1) is 11.5. The number of aromatic nitrogens is 2. The molecule has 0 atom stereocenters. The lowest BCUT2D eigenvalue weighted by atomic mass is 9.95. The van der Waals surface area contributed by atoms with Crippen LogP contribution in [0.5, 0.6) is 0 Å². The van der Waals surface area contributed by atoms with Crippen LogP contribution in [0.3, 0.4) is 0 Å². The van der Waals surface area contributed by atoms with Gasteiger partial charge in [-0.3, -0.25) is 4.68 Å². The highest BCUT2D eigenvalue weighted by atomic mass is 19.1. The van der Waals surface area contributed by atoms with Gasteiger partial charge >= 0.3 is 0 Å². The summed E-state index contributed by atoms with van der Waals surface area (Å²) in [5.41, 5.74) is 3.46. The minimum absolute atomic E-state index is 0.0573. The van der Waals surface area contributed by atoms with E-state index in [4.69, 9.17) is 5.11 Å². The minimum atomic E-state index is -0.539. The van der Waals surface area contributed by atoms with E-state index >= 15 is 0 Å². The molecule has 0 spiro atoms. The molecule has 0 radical (unpaired) electrons. The smallest absolute Gasteiger partial charge is 0.129 e. The van der Waals surface area contributed by atoms with Crippen LogP contribution < -0.4 is 5.32 Å². The van der Waals surface area contributed by atoms with Gasteiger partial charge in [0.2, 0.25) is 0 Å². The number of aliphatic hydroxyl groups excluding tert-OH is 1. The fourth-order valence-corrected chi connectivity index (χ4v) is 3.34. The predicted octanol–water partition coefficient (Wildman–Crippen LogP) is 2.59. The second-order valence-electron chi connectivity index (χ2n) is 6.60. The first kappa shape index (κ1) is 17.0. The van der Waals surface area contributed by atoms with Gasteiger partial charge in [0, 0.05) is 35.8 Å². The second-order valence-corrected chi connectivity index (χ2v) is 6.60. The molecule has 2 aromatic rings. The van der Waals surface area contributed by atoms with E-state index in [0.29, 0.717) is 25.2 Å². The van der Waals surface area contributed by atoms with E-state index < -0.39 is 11.6 Å². The van der Waals surface area contributed by atoms with Gasteiger partial charge in [0.15, 0.2) is 0 Å². The first-order valence-electron chi connectivity index (χ1n) is 8.27. The number of nitrogens with zero attached hydrogens (tertiary/aromatic N) is 2. The molecule has 4 nitrogen and oxygen atoms in total. The van der Waals surface area contributed by atoms with Gasteiger partial charge in [0.25, 0.3) is 0 Å². The SMILES string of the molecule is Cc1nn(CCO)c(C)c1CNCC1(c2ccc(F)cc2F)CC1. The molecule has 6 heteroatoms. The largest absolute Gasteiger partial charge is 0.394 e. The summed E-state index contributed by atoms with van der Waals surface area (Å²) in [5, 5.41) is 16.9. The fraction of sp³-hybridized carbons (Fsp3) is 0.500. The van der Waals surface area contributed by atoms with Gasteiger partial charge in [-0.2, -0.15) is 5.10 Å². The average Bonchev–Trinajstić information content (AvgIpc) is 3.25. The third-order valence-electron chi connectivity index (χ3n) is 4.96. The molecule has 1 aliphatic rings. The molecule has 0 amide bonds. The summed E-state index contributed by atoms with van der Waals surface area (Å²) in [6.07, 6.45) is 1.81. The molecule has 1 fully saturated rings. The third kappa shape index (κ3) is 3.21. The zero-order valence-electron chi connectivity index (χ0n) is 14.1. The van der Waals surface area contributed by atoms with E-state index in [9.17, 15) is 8.78 Å². The molecule has 1 saturated carbocycles. The Hall–Kier alpha value is -1.79. The van der Waals surface area contributed by atoms with Crippen molar-refractivity contribution >= 4 is 0 Å². The van der Waals surface area contributed by atoms with E-state index in [0.717, 1.165) is 35.9 Å². The molecule has 0 unspecified atom stereocenters. The van der Waals surface area contributed by atoms with Crippen LogP contribution in [0.1, 0.15) is 35.4 Å². The highest BCUT2D eigenvalue weighted by molar-refractivity contribution is 5.34. The first-order valence-corrected chi connectivity index (χ1v) is 8.27. The molecule has 0 aliphatic heterocycles. The Balaban J connectivity index is 1.66. The number of halogens is 2. The number of aryl methyl sites for hydroxylation is 1. The topological polar surface area (TPSA) is 50.1 Å². The molecule has 1 heterocycles. The maximum atomic E-state index is 14.0. The molecule has 1 aromatic heterocycles. The fourth-order valence-electron chi connectivity index (χ4n) is 3.34. The summed E-state index contributed by atoms with van der Waals surface area (Å²) in [6.45, 7) is 5.77. The molecular weight excluding hydrogens is 312 g/mol. The molecule has 24 heavy (non-hydrogen) atoms. The van der Waals surface area contributed by atoms with Gasteiger partial charge in [0.05, 0.1) is 18.8 Å². The maximum absolute atomic E-state index is 14.0. The molecule has 130 valence electrons. The van der Waals surface area contributed by atoms with E-state index in [1.807, 2.05) is 13.8 Å². The van der Waals surface area contributed by atoms with Crippen LogP contribution in [0.4, 0.5) is 8.78 Å². The van der Waals surface area contributed by atoms with Crippen LogP contribution in [0.25, 0.3) is 0 Å². The standard InChI is InChI=1S/C18H23F2N3O/c1-12-15(13(2)23(22-12)7-8-24)10-21-11-18(5-6-18)16-4-3-14(19)9-17(16)20/h3-4,9,21,24H,5-8,10-11H2,1-2H3. The number of nitrogens with one attached hydrogen (secondary N) is 1. The number of rotatable bonds is 7. The molecule has 1 aromatic carbocycles. The molecule has 0 bridgehead atoms. The Morgan fingerprint density at radius 1 is 1.29 bits per heavy atom. The van der Waals surface area contributed by atoms with Crippen LogP contribution in [-0.4, -0.2) is 28.0 Å². The summed E-state index contributed by atoms with van der Waals surface area (Å²) in [7, 11) is 0. The maximum Gasteiger partial charge on any atom is 0.129 e. The van der Waals surface area contributed by atoms with Crippen LogP contribution in [0.15, 0.2) is 18.2 Å². The summed E-state index contributed by atoms with van der Waals surface area (Å²) in [4.78, 5) is 0. The van der Waals surface area contributed by atoms with E-state index in [1.54, 1.807) is 10.7 Å². The van der Waals surface area contributed by atoms with Gasteiger partial charge in [-0.15, -0.1) is 0 Å². The van der Waals surface area contributed by atoms with Crippen molar-refractivity contribution in [3.63, 3.8) is 0 Å². The predicted molar refractivity (Wildman–Crippen MR) is 87.8 cm³/mol. The minimum Gasteiger partial charge on any atom is -0.394 e. The summed E-state index contributed by atoms with van der Waals surface area (Å²) in [6, 6.07) is 3.85. The van der Waals surface area contributed by atoms with Gasteiger partial charge in [-0.05, 0) is 38.3 Å². The Morgan fingerprint density at radius 3 is 2.67 bits per heavy atom. The van der Waals surface area contributed by atoms with E-state index in [-0.39, 0.29) is 12.0 Å². The summed E-state index contributed by atoms with van der Waals surface area (Å²) >= 11 is 0. The molecule has 1 aliphatic carbocycles. The van der Waals surface area contributed by atoms with Gasteiger partial charge < -0.3 is 10.4 Å². The lowest BCUT2D eigenvalue weighted by Crippen LogP contribution is -2.27. The van der Waals surface area contributed by atoms with Crippen LogP contribution >= 0.6 is 0 Å². The van der Waals surface area contributed by atoms with Gasteiger partial charge in [-0.1, -0.05) is 6.07 Å². The lowest BCUT2D eigenvalue weighted by Gasteiger charge is -2.17. The molecule has 2 N–H and O–H groups in total. The van der Waals surface area contributed by atoms with Crippen molar-refractivity contribution in [2.45, 2.75) is 45.2 Å². The van der Waals surface area contributed by atoms with Gasteiger partial charge in [0.1, 0.15) is 11.6 Å². The number of aliphatic hydroxyl groups is 1. The van der Waals surface area contributed by atoms with Crippen molar-refractivity contribution in [1.29, 1.82) is 0 Å². The monoisotopic (exact) mass is 335 g/mol. The summed E-state index contributed by atoms with van der Waals surface area (Å²) in [5.74, 6) is -1.00. The van der Waals surface area contributed by atoms with Gasteiger partial charge in [-0.25, -0.2) is 8.78 Å². The van der Waals surface area contributed by atoms with Crippen molar-refractivity contribution in [3.05, 3.63) is 52.3 Å². The third-order valence-corrected chi connectivity index (χ3v) is 4.96. The quantitative estimate of drug-likeness (QED) is 0.818. The lowest BCUT2D eigenvalue weighted by molar-refractivity contribution is 0.267. The Labute approximate surface area is 140 Å². The van der Waals surface area contributed by atoms with Crippen molar-refractivity contribution < 1.29 is 13.9 Å².